The smallest absolute Gasteiger partial charge is 0.186 e. The van der Waals surface area contributed by atoms with Gasteiger partial charge in [-0.25, -0.2) is 4.98 Å². The molecule has 3 aliphatic rings. The molecule has 0 radical (unpaired) electrons. The molecule has 1 aliphatic heterocycles. The van der Waals surface area contributed by atoms with Crippen molar-refractivity contribution >= 4 is 16.5 Å². The Balaban J connectivity index is 1.56. The molecule has 0 amide bonds. The van der Waals surface area contributed by atoms with E-state index in [1.165, 1.54) is 67.2 Å². The molecular weight excluding hydrogens is 278 g/mol. The second kappa shape index (κ2) is 5.88. The van der Waals surface area contributed by atoms with E-state index in [2.05, 4.69) is 17.1 Å². The quantitative estimate of drug-likeness (QED) is 0.894. The molecule has 116 valence electrons. The van der Waals surface area contributed by atoms with Crippen LogP contribution in [0.4, 0.5) is 5.13 Å². The van der Waals surface area contributed by atoms with E-state index in [0.29, 0.717) is 0 Å². The van der Waals surface area contributed by atoms with Gasteiger partial charge in [-0.15, -0.1) is 11.3 Å². The number of rotatable bonds is 5. The molecule has 1 saturated heterocycles. The van der Waals surface area contributed by atoms with E-state index in [1.54, 1.807) is 0 Å². The zero-order valence-corrected chi connectivity index (χ0v) is 13.9. The molecule has 0 bridgehead atoms. The first kappa shape index (κ1) is 14.0. The van der Waals surface area contributed by atoms with Crippen molar-refractivity contribution in [3.8, 4) is 0 Å². The average molecular weight is 305 g/mol. The Morgan fingerprint density at radius 2 is 2.05 bits per heavy atom. The maximum atomic E-state index is 5.10. The van der Waals surface area contributed by atoms with E-state index in [9.17, 15) is 0 Å². The van der Waals surface area contributed by atoms with Crippen molar-refractivity contribution in [2.24, 2.45) is 5.92 Å². The van der Waals surface area contributed by atoms with Crippen molar-refractivity contribution in [1.82, 2.24) is 10.3 Å². The summed E-state index contributed by atoms with van der Waals surface area (Å²) in [5, 5.41) is 4.83. The lowest BCUT2D eigenvalue weighted by Crippen LogP contribution is -2.34. The molecule has 2 heterocycles. The van der Waals surface area contributed by atoms with Crippen LogP contribution in [0.15, 0.2) is 0 Å². The first-order valence-electron chi connectivity index (χ1n) is 8.83. The Hall–Kier alpha value is -0.610. The van der Waals surface area contributed by atoms with Gasteiger partial charge >= 0.3 is 0 Å². The highest BCUT2D eigenvalue weighted by atomic mass is 32.1. The van der Waals surface area contributed by atoms with Gasteiger partial charge in [-0.1, -0.05) is 19.8 Å². The molecule has 3 fully saturated rings. The first-order valence-corrected chi connectivity index (χ1v) is 9.65. The summed E-state index contributed by atoms with van der Waals surface area (Å²) in [6.45, 7) is 5.49. The highest BCUT2D eigenvalue weighted by Crippen LogP contribution is 2.46. The number of nitrogens with one attached hydrogen (secondary N) is 1. The van der Waals surface area contributed by atoms with Gasteiger partial charge in [0.15, 0.2) is 5.13 Å². The Labute approximate surface area is 132 Å². The van der Waals surface area contributed by atoms with Crippen LogP contribution in [0.2, 0.25) is 0 Å². The monoisotopic (exact) mass is 305 g/mol. The molecule has 2 saturated carbocycles. The minimum Gasteiger partial charge on any atom is -0.345 e. The van der Waals surface area contributed by atoms with Gasteiger partial charge in [0.25, 0.3) is 0 Å². The van der Waals surface area contributed by atoms with Gasteiger partial charge in [0.2, 0.25) is 0 Å². The summed E-state index contributed by atoms with van der Waals surface area (Å²) in [4.78, 5) is 9.27. The van der Waals surface area contributed by atoms with Crippen LogP contribution in [0.1, 0.15) is 68.4 Å². The van der Waals surface area contributed by atoms with E-state index in [1.807, 2.05) is 11.3 Å². The fourth-order valence-corrected chi connectivity index (χ4v) is 5.36. The molecule has 4 heteroatoms. The van der Waals surface area contributed by atoms with Crippen molar-refractivity contribution in [1.29, 1.82) is 0 Å². The maximum Gasteiger partial charge on any atom is 0.186 e. The molecule has 4 rings (SSSR count). The van der Waals surface area contributed by atoms with Crippen molar-refractivity contribution in [2.75, 3.05) is 18.0 Å². The molecule has 21 heavy (non-hydrogen) atoms. The molecule has 1 N–H and O–H groups in total. The Kier molecular flexibility index (Phi) is 3.92. The van der Waals surface area contributed by atoms with Gasteiger partial charge < -0.3 is 10.2 Å². The van der Waals surface area contributed by atoms with Gasteiger partial charge in [-0.3, -0.25) is 0 Å². The van der Waals surface area contributed by atoms with E-state index >= 15 is 0 Å². The van der Waals surface area contributed by atoms with Gasteiger partial charge in [-0.05, 0) is 44.6 Å². The van der Waals surface area contributed by atoms with Crippen LogP contribution in [0, 0.1) is 5.92 Å². The zero-order valence-electron chi connectivity index (χ0n) is 13.1. The SMILES string of the molecule is CCNCc1sc(N2CCC3CCCCC32)nc1C1CC1. The number of hydrogen-bond acceptors (Lipinski definition) is 4. The maximum absolute atomic E-state index is 5.10. The van der Waals surface area contributed by atoms with Gasteiger partial charge in [0, 0.05) is 29.9 Å². The molecule has 1 aromatic rings. The van der Waals surface area contributed by atoms with Crippen LogP contribution in [-0.2, 0) is 6.54 Å². The van der Waals surface area contributed by atoms with Crippen LogP contribution in [-0.4, -0.2) is 24.1 Å². The molecule has 2 atom stereocenters. The fraction of sp³-hybridized carbons (Fsp3) is 0.824. The number of hydrogen-bond donors (Lipinski definition) is 1. The van der Waals surface area contributed by atoms with Crippen LogP contribution in [0.3, 0.4) is 0 Å². The summed E-state index contributed by atoms with van der Waals surface area (Å²) in [5.74, 6) is 1.72. The van der Waals surface area contributed by atoms with Crippen LogP contribution in [0.25, 0.3) is 0 Å². The van der Waals surface area contributed by atoms with Crippen molar-refractivity contribution < 1.29 is 0 Å². The summed E-state index contributed by atoms with van der Waals surface area (Å²) >= 11 is 1.97. The van der Waals surface area contributed by atoms with Crippen LogP contribution < -0.4 is 10.2 Å². The standard InChI is InChI=1S/C17H27N3S/c1-2-18-11-15-16(13-7-8-13)19-17(21-15)20-10-9-12-5-3-4-6-14(12)20/h12-14,18H,2-11H2,1H3. The Bertz CT molecular complexity index is 494. The zero-order chi connectivity index (χ0) is 14.2. The predicted octanol–water partition coefficient (Wildman–Crippen LogP) is 3.90. The Morgan fingerprint density at radius 3 is 2.86 bits per heavy atom. The Morgan fingerprint density at radius 1 is 1.19 bits per heavy atom. The summed E-state index contributed by atoms with van der Waals surface area (Å²) in [6, 6.07) is 0.795. The number of aromatic nitrogens is 1. The number of anilines is 1. The third-order valence-electron chi connectivity index (χ3n) is 5.47. The van der Waals surface area contributed by atoms with Gasteiger partial charge in [0.1, 0.15) is 0 Å². The lowest BCUT2D eigenvalue weighted by Gasteiger charge is -2.31. The van der Waals surface area contributed by atoms with E-state index in [4.69, 9.17) is 4.98 Å². The lowest BCUT2D eigenvalue weighted by molar-refractivity contribution is 0.342. The molecule has 0 aromatic carbocycles. The number of fused-ring (bicyclic) bond motifs is 1. The minimum absolute atomic E-state index is 0.772. The molecule has 2 unspecified atom stereocenters. The molecule has 2 aliphatic carbocycles. The predicted molar refractivity (Wildman–Crippen MR) is 89.2 cm³/mol. The highest BCUT2D eigenvalue weighted by Gasteiger charge is 2.38. The van der Waals surface area contributed by atoms with Crippen LogP contribution in [0.5, 0.6) is 0 Å². The van der Waals surface area contributed by atoms with Crippen molar-refractivity contribution in [3.63, 3.8) is 0 Å². The average Bonchev–Trinajstić information content (AvgIpc) is 3.13. The molecule has 1 aromatic heterocycles. The molecule has 0 spiro atoms. The second-order valence-corrected chi connectivity index (χ2v) is 8.02. The summed E-state index contributed by atoms with van der Waals surface area (Å²) < 4.78 is 0. The largest absolute Gasteiger partial charge is 0.345 e. The van der Waals surface area contributed by atoms with Gasteiger partial charge in [0.05, 0.1) is 5.69 Å². The lowest BCUT2D eigenvalue weighted by atomic mass is 9.85. The van der Waals surface area contributed by atoms with Crippen molar-refractivity contribution in [2.45, 2.75) is 70.4 Å². The topological polar surface area (TPSA) is 28.2 Å². The second-order valence-electron chi connectivity index (χ2n) is 6.95. The minimum atomic E-state index is 0.772. The summed E-state index contributed by atoms with van der Waals surface area (Å²) in [6.07, 6.45) is 9.82. The normalized spacial score (nSPS) is 28.9. The molecular formula is C17H27N3S. The van der Waals surface area contributed by atoms with Crippen molar-refractivity contribution in [3.05, 3.63) is 10.6 Å². The number of nitrogens with zero attached hydrogens (tertiary/aromatic N) is 2. The fourth-order valence-electron chi connectivity index (χ4n) is 4.16. The van der Waals surface area contributed by atoms with Gasteiger partial charge in [-0.2, -0.15) is 0 Å². The summed E-state index contributed by atoms with van der Waals surface area (Å²) in [5.41, 5.74) is 1.43. The first-order chi connectivity index (χ1) is 10.4. The molecule has 3 nitrogen and oxygen atoms in total. The third kappa shape index (κ3) is 2.72. The number of thiazole rings is 1. The van der Waals surface area contributed by atoms with E-state index < -0.39 is 0 Å². The van der Waals surface area contributed by atoms with Crippen LogP contribution >= 0.6 is 11.3 Å². The van der Waals surface area contributed by atoms with E-state index in [-0.39, 0.29) is 0 Å². The third-order valence-corrected chi connectivity index (χ3v) is 6.58. The highest BCUT2D eigenvalue weighted by molar-refractivity contribution is 7.15. The summed E-state index contributed by atoms with van der Waals surface area (Å²) in [7, 11) is 0. The van der Waals surface area contributed by atoms with E-state index in [0.717, 1.165) is 31.0 Å².